The molecule has 0 saturated heterocycles. The zero-order chi connectivity index (χ0) is 19.1. The predicted octanol–water partition coefficient (Wildman–Crippen LogP) is 4.31. The first-order valence-corrected chi connectivity index (χ1v) is 9.81. The van der Waals surface area contributed by atoms with Crippen molar-refractivity contribution < 1.29 is 0 Å². The van der Waals surface area contributed by atoms with Gasteiger partial charge in [0.15, 0.2) is 5.82 Å². The second-order valence-corrected chi connectivity index (χ2v) is 7.63. The molecule has 0 saturated carbocycles. The first kappa shape index (κ1) is 17.3. The largest absolute Gasteiger partial charge is 0.304 e. The molecule has 0 unspecified atom stereocenters. The van der Waals surface area contributed by atoms with Gasteiger partial charge in [0.1, 0.15) is 5.82 Å². The maximum absolute atomic E-state index is 5.98. The fourth-order valence-electron chi connectivity index (χ4n) is 3.84. The van der Waals surface area contributed by atoms with E-state index in [1.54, 1.807) is 0 Å². The van der Waals surface area contributed by atoms with Gasteiger partial charge in [0.05, 0.1) is 16.9 Å². The van der Waals surface area contributed by atoms with E-state index in [0.29, 0.717) is 0 Å². The molecule has 0 fully saturated rings. The molecule has 1 aliphatic rings. The Morgan fingerprint density at radius 2 is 1.93 bits per heavy atom. The summed E-state index contributed by atoms with van der Waals surface area (Å²) in [4.78, 5) is 16.6. The lowest BCUT2D eigenvalue weighted by Gasteiger charge is -2.27. The number of hydrogen-bond donors (Lipinski definition) is 0. The monoisotopic (exact) mass is 389 g/mol. The standard InChI is InChI=1S/C22H20ClN5/c1-15-25-20(21-4-2-3-10-28(15)21)14-27-11-9-19-17(13-27)12-24-22(26-19)16-5-7-18(23)8-6-16/h2-8,10,12H,9,11,13-14H2,1H3. The van der Waals surface area contributed by atoms with Gasteiger partial charge in [-0.3, -0.25) is 4.90 Å². The average molecular weight is 390 g/mol. The van der Waals surface area contributed by atoms with Crippen molar-refractivity contribution in [3.63, 3.8) is 0 Å². The summed E-state index contributed by atoms with van der Waals surface area (Å²) in [5.74, 6) is 1.79. The number of nitrogens with zero attached hydrogens (tertiary/aromatic N) is 5. The van der Waals surface area contributed by atoms with Crippen molar-refractivity contribution in [3.8, 4) is 11.4 Å². The molecule has 0 aliphatic carbocycles. The van der Waals surface area contributed by atoms with E-state index in [2.05, 4.69) is 32.6 Å². The van der Waals surface area contributed by atoms with Crippen LogP contribution < -0.4 is 0 Å². The summed E-state index contributed by atoms with van der Waals surface area (Å²) in [5.41, 5.74) is 5.64. The molecule has 0 N–H and O–H groups in total. The summed E-state index contributed by atoms with van der Waals surface area (Å²) in [6, 6.07) is 13.9. The number of aryl methyl sites for hydroxylation is 1. The van der Waals surface area contributed by atoms with Crippen LogP contribution in [0.3, 0.4) is 0 Å². The summed E-state index contributed by atoms with van der Waals surface area (Å²) >= 11 is 5.98. The second kappa shape index (κ2) is 7.00. The van der Waals surface area contributed by atoms with Crippen molar-refractivity contribution in [2.45, 2.75) is 26.4 Å². The number of rotatable bonds is 3. The van der Waals surface area contributed by atoms with E-state index >= 15 is 0 Å². The molecule has 0 atom stereocenters. The summed E-state index contributed by atoms with van der Waals surface area (Å²) in [7, 11) is 0. The van der Waals surface area contributed by atoms with Gasteiger partial charge in [-0.1, -0.05) is 17.7 Å². The molecular weight excluding hydrogens is 370 g/mol. The molecule has 140 valence electrons. The lowest BCUT2D eigenvalue weighted by Crippen LogP contribution is -2.31. The molecule has 28 heavy (non-hydrogen) atoms. The van der Waals surface area contributed by atoms with Crippen LogP contribution in [0.25, 0.3) is 16.9 Å². The molecule has 4 heterocycles. The SMILES string of the molecule is Cc1nc(CN2CCc3nc(-c4ccc(Cl)cc4)ncc3C2)c2ccccn12. The molecule has 1 aromatic carbocycles. The van der Waals surface area contributed by atoms with Crippen LogP contribution in [-0.2, 0) is 19.5 Å². The average Bonchev–Trinajstić information content (AvgIpc) is 3.04. The van der Waals surface area contributed by atoms with Gasteiger partial charge in [-0.05, 0) is 43.3 Å². The second-order valence-electron chi connectivity index (χ2n) is 7.19. The highest BCUT2D eigenvalue weighted by atomic mass is 35.5. The number of halogens is 1. The van der Waals surface area contributed by atoms with Crippen molar-refractivity contribution >= 4 is 17.1 Å². The first-order chi connectivity index (χ1) is 13.7. The van der Waals surface area contributed by atoms with Crippen LogP contribution in [0.15, 0.2) is 54.9 Å². The Balaban J connectivity index is 1.37. The third kappa shape index (κ3) is 3.17. The highest BCUT2D eigenvalue weighted by Crippen LogP contribution is 2.24. The molecule has 5 nitrogen and oxygen atoms in total. The molecule has 6 heteroatoms. The topological polar surface area (TPSA) is 46.3 Å². The number of imidazole rings is 1. The molecule has 3 aromatic heterocycles. The van der Waals surface area contributed by atoms with Gasteiger partial charge >= 0.3 is 0 Å². The summed E-state index contributed by atoms with van der Waals surface area (Å²) < 4.78 is 2.15. The van der Waals surface area contributed by atoms with Crippen LogP contribution in [0.4, 0.5) is 0 Å². The van der Waals surface area contributed by atoms with Gasteiger partial charge in [-0.25, -0.2) is 15.0 Å². The van der Waals surface area contributed by atoms with Crippen molar-refractivity contribution in [1.29, 1.82) is 0 Å². The molecule has 0 amide bonds. The number of pyridine rings is 1. The van der Waals surface area contributed by atoms with E-state index < -0.39 is 0 Å². The van der Waals surface area contributed by atoms with Crippen molar-refractivity contribution in [2.75, 3.05) is 6.54 Å². The molecular formula is C22H20ClN5. The lowest BCUT2D eigenvalue weighted by atomic mass is 10.1. The Labute approximate surface area is 168 Å². The van der Waals surface area contributed by atoms with E-state index in [1.807, 2.05) is 43.5 Å². The van der Waals surface area contributed by atoms with Gasteiger partial charge in [0.2, 0.25) is 0 Å². The third-order valence-electron chi connectivity index (χ3n) is 5.29. The minimum atomic E-state index is 0.722. The minimum Gasteiger partial charge on any atom is -0.304 e. The Morgan fingerprint density at radius 3 is 2.79 bits per heavy atom. The van der Waals surface area contributed by atoms with Gasteiger partial charge in [-0.2, -0.15) is 0 Å². The molecule has 4 aromatic rings. The van der Waals surface area contributed by atoms with E-state index in [0.717, 1.165) is 59.7 Å². The number of benzene rings is 1. The van der Waals surface area contributed by atoms with Crippen LogP contribution in [0.1, 0.15) is 22.8 Å². The van der Waals surface area contributed by atoms with Crippen molar-refractivity contribution in [3.05, 3.63) is 82.7 Å². The fraction of sp³-hybridized carbons (Fsp3) is 0.227. The maximum Gasteiger partial charge on any atom is 0.159 e. The van der Waals surface area contributed by atoms with Crippen LogP contribution >= 0.6 is 11.6 Å². The van der Waals surface area contributed by atoms with E-state index in [1.165, 1.54) is 11.1 Å². The molecule has 1 aliphatic heterocycles. The number of fused-ring (bicyclic) bond motifs is 2. The predicted molar refractivity (Wildman–Crippen MR) is 110 cm³/mol. The number of aromatic nitrogens is 4. The number of hydrogen-bond acceptors (Lipinski definition) is 4. The minimum absolute atomic E-state index is 0.722. The Bertz CT molecular complexity index is 1150. The molecule has 0 spiro atoms. The Kier molecular flexibility index (Phi) is 4.34. The Morgan fingerprint density at radius 1 is 1.07 bits per heavy atom. The van der Waals surface area contributed by atoms with Crippen molar-refractivity contribution in [2.24, 2.45) is 0 Å². The van der Waals surface area contributed by atoms with E-state index in [9.17, 15) is 0 Å². The van der Waals surface area contributed by atoms with Crippen LogP contribution in [-0.4, -0.2) is 30.8 Å². The maximum atomic E-state index is 5.98. The van der Waals surface area contributed by atoms with Gasteiger partial charge in [-0.15, -0.1) is 0 Å². The quantitative estimate of drug-likeness (QED) is 0.523. The zero-order valence-electron chi connectivity index (χ0n) is 15.6. The summed E-state index contributed by atoms with van der Waals surface area (Å²) in [6.07, 6.45) is 4.96. The van der Waals surface area contributed by atoms with Gasteiger partial charge in [0, 0.05) is 54.6 Å². The van der Waals surface area contributed by atoms with Crippen molar-refractivity contribution in [1.82, 2.24) is 24.3 Å². The zero-order valence-corrected chi connectivity index (χ0v) is 16.4. The van der Waals surface area contributed by atoms with Crippen LogP contribution in [0.2, 0.25) is 5.02 Å². The Hall–Kier alpha value is -2.76. The fourth-order valence-corrected chi connectivity index (χ4v) is 3.97. The lowest BCUT2D eigenvalue weighted by molar-refractivity contribution is 0.241. The highest BCUT2D eigenvalue weighted by Gasteiger charge is 2.20. The molecule has 0 bridgehead atoms. The first-order valence-electron chi connectivity index (χ1n) is 9.43. The third-order valence-corrected chi connectivity index (χ3v) is 5.54. The van der Waals surface area contributed by atoms with E-state index in [-0.39, 0.29) is 0 Å². The smallest absolute Gasteiger partial charge is 0.159 e. The van der Waals surface area contributed by atoms with E-state index in [4.69, 9.17) is 21.6 Å². The van der Waals surface area contributed by atoms with Crippen LogP contribution in [0, 0.1) is 6.92 Å². The van der Waals surface area contributed by atoms with Gasteiger partial charge in [0.25, 0.3) is 0 Å². The summed E-state index contributed by atoms with van der Waals surface area (Å²) in [5, 5.41) is 0.722. The normalized spacial score (nSPS) is 14.4. The highest BCUT2D eigenvalue weighted by molar-refractivity contribution is 6.30. The van der Waals surface area contributed by atoms with Crippen LogP contribution in [0.5, 0.6) is 0 Å². The molecule has 5 rings (SSSR count). The molecule has 0 radical (unpaired) electrons. The van der Waals surface area contributed by atoms with Gasteiger partial charge < -0.3 is 4.40 Å². The summed E-state index contributed by atoms with van der Waals surface area (Å²) in [6.45, 7) is 4.70.